The molecule has 152 valence electrons. The number of carbonyl (C=O) groups excluding carboxylic acids is 1. The van der Waals surface area contributed by atoms with E-state index in [-0.39, 0.29) is 18.4 Å². The van der Waals surface area contributed by atoms with Crippen LogP contribution in [0, 0.1) is 13.8 Å². The first kappa shape index (κ1) is 18.5. The van der Waals surface area contributed by atoms with Crippen molar-refractivity contribution in [2.75, 3.05) is 0 Å². The van der Waals surface area contributed by atoms with E-state index in [4.69, 9.17) is 0 Å². The highest BCUT2D eigenvalue weighted by molar-refractivity contribution is 5.79. The molecule has 1 N–H and O–H groups in total. The second-order valence-electron chi connectivity index (χ2n) is 7.88. The molecule has 8 nitrogen and oxygen atoms in total. The van der Waals surface area contributed by atoms with E-state index in [2.05, 4.69) is 57.5 Å². The van der Waals surface area contributed by atoms with Crippen LogP contribution in [0.1, 0.15) is 46.8 Å². The predicted molar refractivity (Wildman–Crippen MR) is 111 cm³/mol. The summed E-state index contributed by atoms with van der Waals surface area (Å²) in [6.45, 7) is 4.22. The van der Waals surface area contributed by atoms with Crippen molar-refractivity contribution < 1.29 is 4.79 Å². The van der Waals surface area contributed by atoms with Crippen molar-refractivity contribution in [3.05, 3.63) is 71.1 Å². The molecule has 1 aromatic carbocycles. The molecule has 30 heavy (non-hydrogen) atoms. The van der Waals surface area contributed by atoms with Gasteiger partial charge in [0.1, 0.15) is 6.33 Å². The predicted octanol–water partition coefficient (Wildman–Crippen LogP) is 2.66. The number of carbonyl (C=O) groups is 1. The van der Waals surface area contributed by atoms with Gasteiger partial charge >= 0.3 is 0 Å². The third-order valence-electron chi connectivity index (χ3n) is 5.81. The normalized spacial score (nSPS) is 15.9. The fourth-order valence-electron chi connectivity index (χ4n) is 4.07. The average Bonchev–Trinajstić information content (AvgIpc) is 3.37. The molecule has 1 atom stereocenters. The van der Waals surface area contributed by atoms with Gasteiger partial charge in [-0.25, -0.2) is 14.2 Å². The van der Waals surface area contributed by atoms with Crippen LogP contribution in [0.15, 0.2) is 43.1 Å². The summed E-state index contributed by atoms with van der Waals surface area (Å²) in [7, 11) is 0. The zero-order valence-electron chi connectivity index (χ0n) is 17.0. The molecule has 0 saturated carbocycles. The Morgan fingerprint density at radius 2 is 2.07 bits per heavy atom. The van der Waals surface area contributed by atoms with Crippen LogP contribution in [0.5, 0.6) is 0 Å². The van der Waals surface area contributed by atoms with E-state index in [1.165, 1.54) is 23.1 Å². The lowest BCUT2D eigenvalue weighted by atomic mass is 9.92. The van der Waals surface area contributed by atoms with E-state index in [0.717, 1.165) is 36.1 Å². The van der Waals surface area contributed by atoms with Gasteiger partial charge in [-0.2, -0.15) is 15.2 Å². The molecule has 0 aliphatic heterocycles. The van der Waals surface area contributed by atoms with Gasteiger partial charge in [-0.1, -0.05) is 6.07 Å². The summed E-state index contributed by atoms with van der Waals surface area (Å²) in [6, 6.07) is 6.37. The van der Waals surface area contributed by atoms with Crippen LogP contribution in [0.2, 0.25) is 0 Å². The topological polar surface area (TPSA) is 90.0 Å². The largest absolute Gasteiger partial charge is 0.349 e. The minimum atomic E-state index is -0.0342. The van der Waals surface area contributed by atoms with Crippen molar-refractivity contribution in [3.8, 4) is 5.69 Å². The Bertz CT molecular complexity index is 1240. The number of hydrogen-bond donors (Lipinski definition) is 1. The van der Waals surface area contributed by atoms with E-state index in [1.54, 1.807) is 16.9 Å². The molecule has 3 aromatic heterocycles. The monoisotopic (exact) mass is 401 g/mol. The standard InChI is InChI=1S/C22H23N7O/c1-14-6-7-17(8-15(14)2)29-20-5-3-4-19(18(20)11-25-29)27-21(30)9-16-10-23-22-24-13-26-28(22)12-16/h6-8,10-13,19H,3-5,9H2,1-2H3,(H,27,30)/t19-/m1/s1. The lowest BCUT2D eigenvalue weighted by Gasteiger charge is -2.24. The van der Waals surface area contributed by atoms with Crippen LogP contribution in [-0.2, 0) is 17.6 Å². The third kappa shape index (κ3) is 3.34. The molecule has 1 aliphatic carbocycles. The van der Waals surface area contributed by atoms with Crippen LogP contribution in [-0.4, -0.2) is 35.3 Å². The second kappa shape index (κ2) is 7.37. The minimum Gasteiger partial charge on any atom is -0.349 e. The highest BCUT2D eigenvalue weighted by Gasteiger charge is 2.26. The summed E-state index contributed by atoms with van der Waals surface area (Å²) in [5.74, 6) is 0.489. The Balaban J connectivity index is 1.35. The van der Waals surface area contributed by atoms with Gasteiger partial charge in [-0.15, -0.1) is 0 Å². The van der Waals surface area contributed by atoms with Gasteiger partial charge in [0.25, 0.3) is 5.78 Å². The van der Waals surface area contributed by atoms with Gasteiger partial charge in [0, 0.05) is 23.7 Å². The molecule has 1 aliphatic rings. The van der Waals surface area contributed by atoms with Crippen LogP contribution in [0.3, 0.4) is 0 Å². The van der Waals surface area contributed by atoms with E-state index in [1.807, 2.05) is 10.9 Å². The first-order valence-electron chi connectivity index (χ1n) is 10.2. The number of rotatable bonds is 4. The maximum Gasteiger partial charge on any atom is 0.252 e. The molecule has 4 aromatic rings. The molecule has 0 radical (unpaired) electrons. The maximum absolute atomic E-state index is 12.7. The Morgan fingerprint density at radius 1 is 1.17 bits per heavy atom. The van der Waals surface area contributed by atoms with Crippen molar-refractivity contribution >= 4 is 11.7 Å². The molecular weight excluding hydrogens is 378 g/mol. The molecule has 1 amide bonds. The SMILES string of the molecule is Cc1ccc(-n2ncc3c2CCC[C@H]3NC(=O)Cc2cnc3ncnn3c2)cc1C. The Kier molecular flexibility index (Phi) is 4.54. The van der Waals surface area contributed by atoms with E-state index in [9.17, 15) is 4.79 Å². The number of nitrogens with zero attached hydrogens (tertiary/aromatic N) is 6. The van der Waals surface area contributed by atoms with Crippen LogP contribution >= 0.6 is 0 Å². The van der Waals surface area contributed by atoms with Crippen LogP contribution in [0.25, 0.3) is 11.5 Å². The Morgan fingerprint density at radius 3 is 2.93 bits per heavy atom. The summed E-state index contributed by atoms with van der Waals surface area (Å²) in [5, 5.41) is 11.9. The zero-order valence-corrected chi connectivity index (χ0v) is 17.0. The number of fused-ring (bicyclic) bond motifs is 2. The molecule has 0 unspecified atom stereocenters. The molecule has 0 spiro atoms. The molecule has 0 bridgehead atoms. The van der Waals surface area contributed by atoms with E-state index >= 15 is 0 Å². The van der Waals surface area contributed by atoms with Crippen LogP contribution in [0.4, 0.5) is 0 Å². The summed E-state index contributed by atoms with van der Waals surface area (Å²) in [5.41, 5.74) is 6.67. The van der Waals surface area contributed by atoms with Gasteiger partial charge in [0.2, 0.25) is 5.91 Å². The number of amides is 1. The lowest BCUT2D eigenvalue weighted by Crippen LogP contribution is -2.32. The Labute approximate surface area is 174 Å². The summed E-state index contributed by atoms with van der Waals surface area (Å²) >= 11 is 0. The van der Waals surface area contributed by atoms with Crippen molar-refractivity contribution in [2.45, 2.75) is 45.6 Å². The number of nitrogens with one attached hydrogen (secondary N) is 1. The molecule has 0 fully saturated rings. The Hall–Kier alpha value is -3.55. The number of aromatic nitrogens is 6. The molecule has 3 heterocycles. The van der Waals surface area contributed by atoms with Crippen LogP contribution < -0.4 is 5.32 Å². The summed E-state index contributed by atoms with van der Waals surface area (Å²) in [4.78, 5) is 21.0. The second-order valence-corrected chi connectivity index (χ2v) is 7.88. The summed E-state index contributed by atoms with van der Waals surface area (Å²) in [6.07, 6.45) is 9.95. The molecule has 0 saturated heterocycles. The molecule has 8 heteroatoms. The zero-order chi connectivity index (χ0) is 20.7. The van der Waals surface area contributed by atoms with Gasteiger partial charge < -0.3 is 5.32 Å². The van der Waals surface area contributed by atoms with Gasteiger partial charge in [-0.05, 0) is 61.9 Å². The smallest absolute Gasteiger partial charge is 0.252 e. The highest BCUT2D eigenvalue weighted by Crippen LogP contribution is 2.31. The van der Waals surface area contributed by atoms with Crippen molar-refractivity contribution in [2.24, 2.45) is 0 Å². The molecule has 5 rings (SSSR count). The number of hydrogen-bond acceptors (Lipinski definition) is 5. The highest BCUT2D eigenvalue weighted by atomic mass is 16.1. The van der Waals surface area contributed by atoms with Crippen molar-refractivity contribution in [1.82, 2.24) is 34.7 Å². The van der Waals surface area contributed by atoms with Crippen molar-refractivity contribution in [1.29, 1.82) is 0 Å². The van der Waals surface area contributed by atoms with E-state index in [0.29, 0.717) is 5.78 Å². The minimum absolute atomic E-state index is 0.0235. The fraction of sp³-hybridized carbons (Fsp3) is 0.318. The first-order valence-corrected chi connectivity index (χ1v) is 10.2. The average molecular weight is 401 g/mol. The van der Waals surface area contributed by atoms with Crippen molar-refractivity contribution in [3.63, 3.8) is 0 Å². The van der Waals surface area contributed by atoms with Gasteiger partial charge in [0.05, 0.1) is 24.3 Å². The molecular formula is C22H23N7O. The maximum atomic E-state index is 12.7. The van der Waals surface area contributed by atoms with E-state index < -0.39 is 0 Å². The number of benzene rings is 1. The quantitative estimate of drug-likeness (QED) is 0.568. The summed E-state index contributed by atoms with van der Waals surface area (Å²) < 4.78 is 3.59. The number of aryl methyl sites for hydroxylation is 2. The third-order valence-corrected chi connectivity index (χ3v) is 5.81. The van der Waals surface area contributed by atoms with Gasteiger partial charge in [0.15, 0.2) is 0 Å². The first-order chi connectivity index (χ1) is 14.6. The fourth-order valence-corrected chi connectivity index (χ4v) is 4.07. The van der Waals surface area contributed by atoms with Gasteiger partial charge in [-0.3, -0.25) is 4.79 Å². The lowest BCUT2D eigenvalue weighted by molar-refractivity contribution is -0.121.